The van der Waals surface area contributed by atoms with E-state index >= 15 is 0 Å². The van der Waals surface area contributed by atoms with Gasteiger partial charge < -0.3 is 10.1 Å². The van der Waals surface area contributed by atoms with Gasteiger partial charge in [0.1, 0.15) is 0 Å². The van der Waals surface area contributed by atoms with Crippen LogP contribution in [-0.4, -0.2) is 12.6 Å². The van der Waals surface area contributed by atoms with Gasteiger partial charge in [-0.2, -0.15) is 0 Å². The molecule has 1 aliphatic heterocycles. The SMILES string of the molecule is CCOC(=O)c1ccc2c(c1)[C@@H]1C=CC[C@@H]1[C@H](c1ccccc1Cl)N2. The van der Waals surface area contributed by atoms with Crippen LogP contribution in [0.15, 0.2) is 54.6 Å². The first kappa shape index (κ1) is 16.2. The summed E-state index contributed by atoms with van der Waals surface area (Å²) in [4.78, 5) is 12.1. The van der Waals surface area contributed by atoms with Crippen LogP contribution in [0.25, 0.3) is 0 Å². The molecule has 0 saturated heterocycles. The second-order valence-corrected chi connectivity index (χ2v) is 6.93. The Bertz CT molecular complexity index is 846. The van der Waals surface area contributed by atoms with Crippen molar-refractivity contribution < 1.29 is 9.53 Å². The lowest BCUT2D eigenvalue weighted by molar-refractivity contribution is 0.0526. The minimum atomic E-state index is -0.267. The fourth-order valence-electron chi connectivity index (χ4n) is 3.97. The third kappa shape index (κ3) is 2.83. The molecule has 3 atom stereocenters. The van der Waals surface area contributed by atoms with Crippen LogP contribution in [0.1, 0.15) is 46.8 Å². The van der Waals surface area contributed by atoms with E-state index in [1.807, 2.05) is 43.3 Å². The molecular weight excluding hydrogens is 334 g/mol. The number of esters is 1. The van der Waals surface area contributed by atoms with E-state index in [0.717, 1.165) is 28.3 Å². The number of anilines is 1. The standard InChI is InChI=1S/C21H20ClNO2/c1-2-25-21(24)13-10-11-19-17(12-13)14-7-5-8-15(14)20(23-19)16-6-3-4-9-18(16)22/h3-7,9-12,14-15,20,23H,2,8H2,1H3/t14-,15+,20-/m1/s1. The summed E-state index contributed by atoms with van der Waals surface area (Å²) in [6, 6.07) is 14.0. The number of benzene rings is 2. The Balaban J connectivity index is 1.74. The number of rotatable bonds is 3. The average molecular weight is 354 g/mol. The highest BCUT2D eigenvalue weighted by atomic mass is 35.5. The molecule has 3 nitrogen and oxygen atoms in total. The maximum Gasteiger partial charge on any atom is 0.338 e. The number of hydrogen-bond donors (Lipinski definition) is 1. The van der Waals surface area contributed by atoms with E-state index < -0.39 is 0 Å². The van der Waals surface area contributed by atoms with Gasteiger partial charge in [-0.25, -0.2) is 4.79 Å². The Hall–Kier alpha value is -2.26. The van der Waals surface area contributed by atoms with Gasteiger partial charge in [0.2, 0.25) is 0 Å². The normalized spacial score (nSPS) is 23.5. The van der Waals surface area contributed by atoms with Crippen LogP contribution >= 0.6 is 11.6 Å². The molecule has 128 valence electrons. The number of ether oxygens (including phenoxy) is 1. The number of carbonyl (C=O) groups excluding carboxylic acids is 1. The Morgan fingerprint density at radius 1 is 1.24 bits per heavy atom. The number of hydrogen-bond acceptors (Lipinski definition) is 3. The number of allylic oxidation sites excluding steroid dienone is 2. The largest absolute Gasteiger partial charge is 0.462 e. The molecule has 25 heavy (non-hydrogen) atoms. The summed E-state index contributed by atoms with van der Waals surface area (Å²) in [5.74, 6) is 0.411. The molecule has 0 unspecified atom stereocenters. The molecule has 0 fully saturated rings. The van der Waals surface area contributed by atoms with Crippen molar-refractivity contribution in [3.8, 4) is 0 Å². The van der Waals surface area contributed by atoms with Crippen LogP contribution in [0.5, 0.6) is 0 Å². The van der Waals surface area contributed by atoms with Crippen molar-refractivity contribution in [2.24, 2.45) is 5.92 Å². The van der Waals surface area contributed by atoms with Crippen molar-refractivity contribution >= 4 is 23.3 Å². The number of nitrogens with one attached hydrogen (secondary N) is 1. The van der Waals surface area contributed by atoms with Gasteiger partial charge in [-0.3, -0.25) is 0 Å². The van der Waals surface area contributed by atoms with E-state index in [2.05, 4.69) is 23.5 Å². The second-order valence-electron chi connectivity index (χ2n) is 6.52. The van der Waals surface area contributed by atoms with Gasteiger partial charge in [0.15, 0.2) is 0 Å². The molecule has 2 aromatic carbocycles. The zero-order valence-corrected chi connectivity index (χ0v) is 14.8. The van der Waals surface area contributed by atoms with Crippen molar-refractivity contribution in [1.29, 1.82) is 0 Å². The lowest BCUT2D eigenvalue weighted by Gasteiger charge is -2.38. The molecule has 0 spiro atoms. The summed E-state index contributed by atoms with van der Waals surface area (Å²) in [5.41, 5.74) is 3.96. The van der Waals surface area contributed by atoms with Crippen molar-refractivity contribution in [1.82, 2.24) is 0 Å². The van der Waals surface area contributed by atoms with Gasteiger partial charge in [-0.15, -0.1) is 0 Å². The molecule has 2 aliphatic rings. The Kier molecular flexibility index (Phi) is 4.26. The molecule has 2 aromatic rings. The first-order valence-corrected chi connectivity index (χ1v) is 9.05. The summed E-state index contributed by atoms with van der Waals surface area (Å²) in [5, 5.41) is 4.44. The van der Waals surface area contributed by atoms with Crippen LogP contribution < -0.4 is 5.32 Å². The van der Waals surface area contributed by atoms with Gasteiger partial charge in [-0.1, -0.05) is 42.0 Å². The first-order chi connectivity index (χ1) is 12.2. The van der Waals surface area contributed by atoms with E-state index in [-0.39, 0.29) is 17.9 Å². The van der Waals surface area contributed by atoms with Crippen LogP contribution in [0.3, 0.4) is 0 Å². The molecule has 0 amide bonds. The van der Waals surface area contributed by atoms with E-state index in [4.69, 9.17) is 16.3 Å². The summed E-state index contributed by atoms with van der Waals surface area (Å²) in [7, 11) is 0. The summed E-state index contributed by atoms with van der Waals surface area (Å²) >= 11 is 6.46. The van der Waals surface area contributed by atoms with Crippen molar-refractivity contribution in [3.63, 3.8) is 0 Å². The van der Waals surface area contributed by atoms with Crippen molar-refractivity contribution in [2.75, 3.05) is 11.9 Å². The van der Waals surface area contributed by atoms with Gasteiger partial charge in [-0.05, 0) is 54.7 Å². The third-order valence-electron chi connectivity index (χ3n) is 5.11. The maximum absolute atomic E-state index is 12.1. The zero-order valence-electron chi connectivity index (χ0n) is 14.0. The molecular formula is C21H20ClNO2. The quantitative estimate of drug-likeness (QED) is 0.597. The minimum absolute atomic E-state index is 0.162. The van der Waals surface area contributed by atoms with Gasteiger partial charge in [0.05, 0.1) is 18.2 Å². The molecule has 4 heteroatoms. The molecule has 0 saturated carbocycles. The van der Waals surface area contributed by atoms with Crippen LogP contribution in [0.2, 0.25) is 5.02 Å². The molecule has 1 heterocycles. The summed E-state index contributed by atoms with van der Waals surface area (Å²) in [6.07, 6.45) is 5.48. The highest BCUT2D eigenvalue weighted by Crippen LogP contribution is 2.50. The maximum atomic E-state index is 12.1. The van der Waals surface area contributed by atoms with Gasteiger partial charge >= 0.3 is 5.97 Å². The van der Waals surface area contributed by atoms with Crippen LogP contribution in [-0.2, 0) is 4.74 Å². The number of halogens is 1. The molecule has 0 radical (unpaired) electrons. The van der Waals surface area contributed by atoms with Crippen LogP contribution in [0.4, 0.5) is 5.69 Å². The Morgan fingerprint density at radius 3 is 2.88 bits per heavy atom. The van der Waals surface area contributed by atoms with E-state index in [1.165, 1.54) is 0 Å². The number of fused-ring (bicyclic) bond motifs is 3. The van der Waals surface area contributed by atoms with E-state index in [1.54, 1.807) is 0 Å². The molecule has 1 N–H and O–H groups in total. The molecule has 0 aromatic heterocycles. The molecule has 1 aliphatic carbocycles. The lowest BCUT2D eigenvalue weighted by Crippen LogP contribution is -2.29. The monoisotopic (exact) mass is 353 g/mol. The third-order valence-corrected chi connectivity index (χ3v) is 5.46. The smallest absolute Gasteiger partial charge is 0.338 e. The highest BCUT2D eigenvalue weighted by Gasteiger charge is 2.38. The average Bonchev–Trinajstić information content (AvgIpc) is 3.11. The topological polar surface area (TPSA) is 38.3 Å². The Morgan fingerprint density at radius 2 is 2.08 bits per heavy atom. The first-order valence-electron chi connectivity index (χ1n) is 8.67. The van der Waals surface area contributed by atoms with Crippen molar-refractivity contribution in [2.45, 2.75) is 25.3 Å². The number of carbonyl (C=O) groups is 1. The van der Waals surface area contributed by atoms with E-state index in [0.29, 0.717) is 18.1 Å². The lowest BCUT2D eigenvalue weighted by atomic mass is 9.76. The van der Waals surface area contributed by atoms with Crippen molar-refractivity contribution in [3.05, 3.63) is 76.3 Å². The zero-order chi connectivity index (χ0) is 17.4. The Labute approximate surface area is 152 Å². The van der Waals surface area contributed by atoms with Crippen LogP contribution in [0, 0.1) is 5.92 Å². The predicted molar refractivity (Wildman–Crippen MR) is 100 cm³/mol. The fourth-order valence-corrected chi connectivity index (χ4v) is 4.22. The van der Waals surface area contributed by atoms with Gasteiger partial charge in [0, 0.05) is 16.6 Å². The fraction of sp³-hybridized carbons (Fsp3) is 0.286. The van der Waals surface area contributed by atoms with E-state index in [9.17, 15) is 4.79 Å². The molecule has 4 rings (SSSR count). The summed E-state index contributed by atoms with van der Waals surface area (Å²) < 4.78 is 5.14. The van der Waals surface area contributed by atoms with Gasteiger partial charge in [0.25, 0.3) is 0 Å². The summed E-state index contributed by atoms with van der Waals surface area (Å²) in [6.45, 7) is 2.20. The second kappa shape index (κ2) is 6.57. The minimum Gasteiger partial charge on any atom is -0.462 e. The predicted octanol–water partition coefficient (Wildman–Crippen LogP) is 5.34. The molecule has 0 bridgehead atoms. The highest BCUT2D eigenvalue weighted by molar-refractivity contribution is 6.31.